The molecule has 0 aromatic carbocycles. The van der Waals surface area contributed by atoms with Crippen molar-refractivity contribution in [1.29, 1.82) is 0 Å². The van der Waals surface area contributed by atoms with Crippen LogP contribution in [0.3, 0.4) is 0 Å². The third-order valence-electron chi connectivity index (χ3n) is 5.57. The van der Waals surface area contributed by atoms with Crippen LogP contribution in [-0.4, -0.2) is 32.2 Å². The quantitative estimate of drug-likeness (QED) is 0.731. The summed E-state index contributed by atoms with van der Waals surface area (Å²) in [5.74, 6) is -0.319. The summed E-state index contributed by atoms with van der Waals surface area (Å²) in [6.07, 6.45) is 18.1. The van der Waals surface area contributed by atoms with Gasteiger partial charge in [-0.2, -0.15) is 0 Å². The average molecular weight is 402 g/mol. The first-order valence-corrected chi connectivity index (χ1v) is 10.5. The first kappa shape index (κ1) is 20.2. The molecule has 2 aromatic rings. The average Bonchev–Trinajstić information content (AvgIpc) is 3.14. The summed E-state index contributed by atoms with van der Waals surface area (Å²) in [6.45, 7) is 1.81. The molecule has 0 saturated heterocycles. The zero-order valence-corrected chi connectivity index (χ0v) is 17.1. The largest absolute Gasteiger partial charge is 0.393 e. The molecular formula is C25H26N2O3. The smallest absolute Gasteiger partial charge is 0.167 e. The van der Waals surface area contributed by atoms with E-state index in [1.54, 1.807) is 0 Å². The van der Waals surface area contributed by atoms with E-state index in [2.05, 4.69) is 17.2 Å². The summed E-state index contributed by atoms with van der Waals surface area (Å²) >= 11 is 0. The van der Waals surface area contributed by atoms with Crippen LogP contribution in [0.4, 0.5) is 0 Å². The van der Waals surface area contributed by atoms with Gasteiger partial charge in [-0.05, 0) is 62.0 Å². The van der Waals surface area contributed by atoms with Crippen molar-refractivity contribution in [3.05, 3.63) is 83.4 Å². The van der Waals surface area contributed by atoms with Gasteiger partial charge in [0.05, 0.1) is 17.7 Å². The molecular weight excluding hydrogens is 376 g/mol. The fourth-order valence-electron chi connectivity index (χ4n) is 3.93. The van der Waals surface area contributed by atoms with Gasteiger partial charge in [-0.1, -0.05) is 30.4 Å². The molecule has 30 heavy (non-hydrogen) atoms. The number of aliphatic hydroxyl groups is 1. The molecule has 2 atom stereocenters. The minimum atomic E-state index is -0.271. The van der Waals surface area contributed by atoms with Crippen molar-refractivity contribution in [1.82, 2.24) is 9.38 Å². The van der Waals surface area contributed by atoms with Crippen molar-refractivity contribution >= 4 is 17.2 Å². The molecule has 2 aliphatic rings. The van der Waals surface area contributed by atoms with Gasteiger partial charge in [-0.3, -0.25) is 9.59 Å². The monoisotopic (exact) mass is 402 g/mol. The fraction of sp³-hybridized carbons (Fsp3) is 0.320. The highest BCUT2D eigenvalue weighted by Gasteiger charge is 2.25. The van der Waals surface area contributed by atoms with E-state index in [0.29, 0.717) is 18.4 Å². The molecule has 0 saturated carbocycles. The summed E-state index contributed by atoms with van der Waals surface area (Å²) in [4.78, 5) is 29.6. The lowest BCUT2D eigenvalue weighted by Gasteiger charge is -2.19. The second kappa shape index (κ2) is 8.76. The number of aryl methyl sites for hydroxylation is 2. The van der Waals surface area contributed by atoms with E-state index in [1.807, 2.05) is 54.0 Å². The Hall–Kier alpha value is -3.05. The Morgan fingerprint density at radius 1 is 1.20 bits per heavy atom. The molecule has 0 bridgehead atoms. The van der Waals surface area contributed by atoms with Crippen LogP contribution in [0.15, 0.2) is 72.1 Å². The SMILES string of the molecule is CC(O)CCCc1ccc2nc(CCC(=O)C3=CC(=O)C4C=CC=CC4=C3)cn2c1. The van der Waals surface area contributed by atoms with Crippen LogP contribution in [0.5, 0.6) is 0 Å². The van der Waals surface area contributed by atoms with Gasteiger partial charge in [0.25, 0.3) is 0 Å². The highest BCUT2D eigenvalue weighted by Crippen LogP contribution is 2.27. The van der Waals surface area contributed by atoms with Crippen molar-refractivity contribution in [2.45, 2.75) is 45.1 Å². The Kier molecular flexibility index (Phi) is 5.91. The van der Waals surface area contributed by atoms with Crippen LogP contribution in [0.2, 0.25) is 0 Å². The summed E-state index contributed by atoms with van der Waals surface area (Å²) < 4.78 is 1.99. The van der Waals surface area contributed by atoms with E-state index in [1.165, 1.54) is 11.6 Å². The lowest BCUT2D eigenvalue weighted by atomic mass is 9.83. The second-order valence-corrected chi connectivity index (χ2v) is 8.07. The summed E-state index contributed by atoms with van der Waals surface area (Å²) in [5, 5.41) is 9.40. The third-order valence-corrected chi connectivity index (χ3v) is 5.57. The number of aliphatic hydroxyl groups excluding tert-OH is 1. The van der Waals surface area contributed by atoms with E-state index in [4.69, 9.17) is 0 Å². The Morgan fingerprint density at radius 2 is 2.07 bits per heavy atom. The molecule has 0 spiro atoms. The van der Waals surface area contributed by atoms with Gasteiger partial charge in [0.1, 0.15) is 5.65 Å². The fourth-order valence-corrected chi connectivity index (χ4v) is 3.93. The molecule has 154 valence electrons. The van der Waals surface area contributed by atoms with Crippen LogP contribution in [-0.2, 0) is 22.4 Å². The van der Waals surface area contributed by atoms with Crippen molar-refractivity contribution in [2.24, 2.45) is 5.92 Å². The standard InChI is InChI=1S/C25H26N2O3/c1-17(28)5-4-6-18-9-12-25-26-21(16-27(25)15-18)10-11-23(29)20-13-19-7-2-3-8-22(19)24(30)14-20/h2-3,7-9,12-17,22,28H,4-6,10-11H2,1H3. The minimum Gasteiger partial charge on any atom is -0.393 e. The number of ketones is 2. The number of hydrogen-bond acceptors (Lipinski definition) is 4. The van der Waals surface area contributed by atoms with Gasteiger partial charge >= 0.3 is 0 Å². The molecule has 4 rings (SSSR count). The minimum absolute atomic E-state index is 0.0341. The van der Waals surface area contributed by atoms with E-state index >= 15 is 0 Å². The number of allylic oxidation sites excluding steroid dienone is 8. The molecule has 0 aliphatic heterocycles. The van der Waals surface area contributed by atoms with Crippen LogP contribution in [0, 0.1) is 5.92 Å². The number of fused-ring (bicyclic) bond motifs is 2. The lowest BCUT2D eigenvalue weighted by Crippen LogP contribution is -2.19. The van der Waals surface area contributed by atoms with Crippen LogP contribution in [0.1, 0.15) is 37.4 Å². The Labute approximate surface area is 176 Å². The topological polar surface area (TPSA) is 71.7 Å². The van der Waals surface area contributed by atoms with Gasteiger partial charge < -0.3 is 9.51 Å². The van der Waals surface area contributed by atoms with Gasteiger partial charge in [0.15, 0.2) is 11.6 Å². The Morgan fingerprint density at radius 3 is 2.90 bits per heavy atom. The number of pyridine rings is 1. The lowest BCUT2D eigenvalue weighted by molar-refractivity contribution is -0.118. The molecule has 2 aromatic heterocycles. The summed E-state index contributed by atoms with van der Waals surface area (Å²) in [5.41, 5.74) is 4.27. The maximum Gasteiger partial charge on any atom is 0.167 e. The molecule has 2 unspecified atom stereocenters. The first-order valence-electron chi connectivity index (χ1n) is 10.5. The number of nitrogens with zero attached hydrogens (tertiary/aromatic N) is 2. The predicted octanol–water partition coefficient (Wildman–Crippen LogP) is 3.72. The number of Topliss-reactive ketones (excluding diaryl/α,β-unsaturated/α-hetero) is 1. The number of rotatable bonds is 8. The number of carbonyl (C=O) groups excluding carboxylic acids is 2. The second-order valence-electron chi connectivity index (χ2n) is 8.07. The Bertz CT molecular complexity index is 1100. The molecule has 1 N–H and O–H groups in total. The highest BCUT2D eigenvalue weighted by molar-refractivity contribution is 6.09. The predicted molar refractivity (Wildman–Crippen MR) is 116 cm³/mol. The number of hydrogen-bond donors (Lipinski definition) is 1. The maximum absolute atomic E-state index is 12.7. The summed E-state index contributed by atoms with van der Waals surface area (Å²) in [7, 11) is 0. The van der Waals surface area contributed by atoms with E-state index in [-0.39, 0.29) is 23.6 Å². The van der Waals surface area contributed by atoms with Crippen LogP contribution >= 0.6 is 0 Å². The van der Waals surface area contributed by atoms with Crippen LogP contribution < -0.4 is 0 Å². The van der Waals surface area contributed by atoms with Crippen LogP contribution in [0.25, 0.3) is 5.65 Å². The van der Waals surface area contributed by atoms with E-state index in [0.717, 1.165) is 36.2 Å². The third kappa shape index (κ3) is 4.57. The van der Waals surface area contributed by atoms with Crippen molar-refractivity contribution in [3.8, 4) is 0 Å². The first-order chi connectivity index (χ1) is 14.5. The van der Waals surface area contributed by atoms with Gasteiger partial charge in [0, 0.05) is 24.4 Å². The van der Waals surface area contributed by atoms with Gasteiger partial charge in [-0.25, -0.2) is 4.98 Å². The van der Waals surface area contributed by atoms with Crippen molar-refractivity contribution in [2.75, 3.05) is 0 Å². The molecule has 0 amide bonds. The van der Waals surface area contributed by atoms with Gasteiger partial charge in [0.2, 0.25) is 0 Å². The number of carbonyl (C=O) groups is 2. The maximum atomic E-state index is 12.7. The summed E-state index contributed by atoms with van der Waals surface area (Å²) in [6, 6.07) is 4.05. The molecule has 2 aliphatic carbocycles. The number of imidazole rings is 1. The molecule has 2 heterocycles. The molecule has 5 heteroatoms. The Balaban J connectivity index is 1.39. The molecule has 0 radical (unpaired) electrons. The zero-order chi connectivity index (χ0) is 21.1. The number of aromatic nitrogens is 2. The molecule has 0 fully saturated rings. The van der Waals surface area contributed by atoms with Crippen molar-refractivity contribution < 1.29 is 14.7 Å². The van der Waals surface area contributed by atoms with E-state index < -0.39 is 0 Å². The molecule has 5 nitrogen and oxygen atoms in total. The normalized spacial score (nSPS) is 18.9. The van der Waals surface area contributed by atoms with Crippen molar-refractivity contribution in [3.63, 3.8) is 0 Å². The van der Waals surface area contributed by atoms with E-state index in [9.17, 15) is 14.7 Å². The van der Waals surface area contributed by atoms with Gasteiger partial charge in [-0.15, -0.1) is 0 Å². The highest BCUT2D eigenvalue weighted by atomic mass is 16.3. The zero-order valence-electron chi connectivity index (χ0n) is 17.1.